The second kappa shape index (κ2) is 4.02. The molecule has 0 unspecified atom stereocenters. The molecule has 0 spiro atoms. The number of hydrogen-bond donors (Lipinski definition) is 2. The zero-order valence-corrected chi connectivity index (χ0v) is 9.03. The van der Waals surface area contributed by atoms with E-state index in [-0.39, 0.29) is 0 Å². The summed E-state index contributed by atoms with van der Waals surface area (Å²) in [6.45, 7) is 1.85. The van der Waals surface area contributed by atoms with Crippen molar-refractivity contribution in [1.82, 2.24) is 9.97 Å². The molecule has 1 fully saturated rings. The van der Waals surface area contributed by atoms with Crippen LogP contribution in [0.3, 0.4) is 0 Å². The summed E-state index contributed by atoms with van der Waals surface area (Å²) < 4.78 is 5.07. The Hall–Kier alpha value is -1.36. The van der Waals surface area contributed by atoms with Crippen LogP contribution in [-0.2, 0) is 0 Å². The number of nitrogens with one attached hydrogen (secondary N) is 1. The molecule has 1 heterocycles. The third kappa shape index (κ3) is 2.36. The van der Waals surface area contributed by atoms with Crippen molar-refractivity contribution in [2.75, 3.05) is 12.4 Å². The molecule has 0 aliphatic heterocycles. The van der Waals surface area contributed by atoms with E-state index in [1.165, 1.54) is 0 Å². The first kappa shape index (κ1) is 10.2. The Labute approximate surface area is 89.1 Å². The van der Waals surface area contributed by atoms with Crippen LogP contribution < -0.4 is 15.8 Å². The molecule has 1 aliphatic rings. The lowest BCUT2D eigenvalue weighted by molar-refractivity contribution is 0.371. The fourth-order valence-electron chi connectivity index (χ4n) is 1.71. The van der Waals surface area contributed by atoms with Crippen LogP contribution in [0, 0.1) is 6.92 Å². The predicted molar refractivity (Wildman–Crippen MR) is 57.9 cm³/mol. The highest BCUT2D eigenvalue weighted by atomic mass is 16.5. The van der Waals surface area contributed by atoms with E-state index in [1.54, 1.807) is 13.2 Å². The maximum absolute atomic E-state index is 5.71. The average Bonchev–Trinajstić information content (AvgIpc) is 2.14. The van der Waals surface area contributed by atoms with Crippen LogP contribution in [0.4, 0.5) is 5.82 Å². The molecule has 1 saturated carbocycles. The van der Waals surface area contributed by atoms with Crippen molar-refractivity contribution < 1.29 is 4.74 Å². The predicted octanol–water partition coefficient (Wildman–Crippen LogP) is 0.695. The Morgan fingerprint density at radius 3 is 2.80 bits per heavy atom. The molecule has 0 bridgehead atoms. The lowest BCUT2D eigenvalue weighted by atomic mass is 9.88. The molecule has 2 rings (SSSR count). The van der Waals surface area contributed by atoms with E-state index in [0.29, 0.717) is 23.8 Å². The van der Waals surface area contributed by atoms with E-state index >= 15 is 0 Å². The Bertz CT molecular complexity index is 349. The van der Waals surface area contributed by atoms with Gasteiger partial charge < -0.3 is 15.8 Å². The second-order valence-electron chi connectivity index (χ2n) is 3.92. The molecule has 0 atom stereocenters. The molecule has 1 aromatic rings. The van der Waals surface area contributed by atoms with Gasteiger partial charge in [0.15, 0.2) is 0 Å². The molecule has 3 N–H and O–H groups in total. The number of nitrogens with zero attached hydrogens (tertiary/aromatic N) is 2. The van der Waals surface area contributed by atoms with Crippen LogP contribution in [-0.4, -0.2) is 29.2 Å². The van der Waals surface area contributed by atoms with Crippen LogP contribution in [0.2, 0.25) is 0 Å². The summed E-state index contributed by atoms with van der Waals surface area (Å²) in [6, 6.07) is 2.59. The molecule has 0 saturated heterocycles. The Morgan fingerprint density at radius 2 is 2.20 bits per heavy atom. The fraction of sp³-hybridized carbons (Fsp3) is 0.600. The molecule has 82 valence electrons. The van der Waals surface area contributed by atoms with Crippen molar-refractivity contribution in [2.45, 2.75) is 31.8 Å². The van der Waals surface area contributed by atoms with Gasteiger partial charge in [0, 0.05) is 18.2 Å². The Balaban J connectivity index is 2.04. The molecular weight excluding hydrogens is 192 g/mol. The minimum Gasteiger partial charge on any atom is -0.481 e. The Morgan fingerprint density at radius 1 is 1.47 bits per heavy atom. The first-order valence-corrected chi connectivity index (χ1v) is 5.09. The normalized spacial score (nSPS) is 24.5. The SMILES string of the molecule is COc1cc(NC2CC(N)C2)nc(C)n1. The average molecular weight is 208 g/mol. The van der Waals surface area contributed by atoms with E-state index in [2.05, 4.69) is 15.3 Å². The number of rotatable bonds is 3. The first-order valence-electron chi connectivity index (χ1n) is 5.09. The molecule has 0 amide bonds. The van der Waals surface area contributed by atoms with Gasteiger partial charge in [0.25, 0.3) is 0 Å². The highest BCUT2D eigenvalue weighted by molar-refractivity contribution is 5.40. The van der Waals surface area contributed by atoms with Crippen molar-refractivity contribution in [1.29, 1.82) is 0 Å². The number of aryl methyl sites for hydroxylation is 1. The molecule has 5 heteroatoms. The summed E-state index contributed by atoms with van der Waals surface area (Å²) in [7, 11) is 1.60. The Kier molecular flexibility index (Phi) is 2.73. The quantitative estimate of drug-likeness (QED) is 0.764. The van der Waals surface area contributed by atoms with Crippen LogP contribution in [0.25, 0.3) is 0 Å². The zero-order chi connectivity index (χ0) is 10.8. The van der Waals surface area contributed by atoms with Crippen LogP contribution in [0.5, 0.6) is 5.88 Å². The summed E-state index contributed by atoms with van der Waals surface area (Å²) in [5.41, 5.74) is 5.71. The number of methoxy groups -OCH3 is 1. The molecule has 5 nitrogen and oxygen atoms in total. The summed E-state index contributed by atoms with van der Waals surface area (Å²) in [5.74, 6) is 2.12. The standard InChI is InChI=1S/C10H16N4O/c1-6-12-9(5-10(13-6)15-2)14-8-3-7(11)4-8/h5,7-8H,3-4,11H2,1-2H3,(H,12,13,14). The highest BCUT2D eigenvalue weighted by Gasteiger charge is 2.25. The number of nitrogens with two attached hydrogens (primary N) is 1. The van der Waals surface area contributed by atoms with Gasteiger partial charge in [-0.1, -0.05) is 0 Å². The van der Waals surface area contributed by atoms with E-state index < -0.39 is 0 Å². The lowest BCUT2D eigenvalue weighted by Crippen LogP contribution is -2.44. The molecule has 1 aromatic heterocycles. The molecule has 0 aromatic carbocycles. The number of anilines is 1. The summed E-state index contributed by atoms with van der Waals surface area (Å²) in [5, 5.41) is 3.31. The fourth-order valence-corrected chi connectivity index (χ4v) is 1.71. The van der Waals surface area contributed by atoms with Gasteiger partial charge in [0.2, 0.25) is 5.88 Å². The van der Waals surface area contributed by atoms with Gasteiger partial charge in [-0.3, -0.25) is 0 Å². The minimum atomic E-state index is 0.340. The van der Waals surface area contributed by atoms with Crippen LogP contribution in [0.15, 0.2) is 6.07 Å². The number of hydrogen-bond acceptors (Lipinski definition) is 5. The van der Waals surface area contributed by atoms with Gasteiger partial charge in [-0.15, -0.1) is 0 Å². The van der Waals surface area contributed by atoms with E-state index in [9.17, 15) is 0 Å². The van der Waals surface area contributed by atoms with Crippen molar-refractivity contribution in [3.05, 3.63) is 11.9 Å². The van der Waals surface area contributed by atoms with E-state index in [1.807, 2.05) is 6.92 Å². The number of aromatic nitrogens is 2. The molecular formula is C10H16N4O. The maximum Gasteiger partial charge on any atom is 0.218 e. The summed E-state index contributed by atoms with van der Waals surface area (Å²) >= 11 is 0. The third-order valence-electron chi connectivity index (χ3n) is 2.55. The monoisotopic (exact) mass is 208 g/mol. The summed E-state index contributed by atoms with van der Waals surface area (Å²) in [4.78, 5) is 8.41. The lowest BCUT2D eigenvalue weighted by Gasteiger charge is -2.33. The first-order chi connectivity index (χ1) is 7.17. The van der Waals surface area contributed by atoms with Gasteiger partial charge in [-0.25, -0.2) is 4.98 Å². The van der Waals surface area contributed by atoms with Gasteiger partial charge in [-0.2, -0.15) is 4.98 Å². The maximum atomic E-state index is 5.71. The van der Waals surface area contributed by atoms with Gasteiger partial charge in [0.1, 0.15) is 11.6 Å². The topological polar surface area (TPSA) is 73.1 Å². The van der Waals surface area contributed by atoms with Crippen LogP contribution >= 0.6 is 0 Å². The smallest absolute Gasteiger partial charge is 0.218 e. The zero-order valence-electron chi connectivity index (χ0n) is 9.03. The van der Waals surface area contributed by atoms with Crippen molar-refractivity contribution >= 4 is 5.82 Å². The highest BCUT2D eigenvalue weighted by Crippen LogP contribution is 2.22. The molecule has 1 aliphatic carbocycles. The van der Waals surface area contributed by atoms with E-state index in [0.717, 1.165) is 18.7 Å². The minimum absolute atomic E-state index is 0.340. The third-order valence-corrected chi connectivity index (χ3v) is 2.55. The van der Waals surface area contributed by atoms with Gasteiger partial charge in [-0.05, 0) is 19.8 Å². The molecule has 0 radical (unpaired) electrons. The molecule has 15 heavy (non-hydrogen) atoms. The van der Waals surface area contributed by atoms with E-state index in [4.69, 9.17) is 10.5 Å². The van der Waals surface area contributed by atoms with Crippen molar-refractivity contribution in [3.63, 3.8) is 0 Å². The van der Waals surface area contributed by atoms with Crippen molar-refractivity contribution in [2.24, 2.45) is 5.73 Å². The van der Waals surface area contributed by atoms with Gasteiger partial charge >= 0.3 is 0 Å². The number of ether oxygens (including phenoxy) is 1. The van der Waals surface area contributed by atoms with Crippen LogP contribution in [0.1, 0.15) is 18.7 Å². The van der Waals surface area contributed by atoms with Gasteiger partial charge in [0.05, 0.1) is 7.11 Å². The summed E-state index contributed by atoms with van der Waals surface area (Å²) in [6.07, 6.45) is 2.01. The second-order valence-corrected chi connectivity index (χ2v) is 3.92. The van der Waals surface area contributed by atoms with Crippen molar-refractivity contribution in [3.8, 4) is 5.88 Å². The largest absolute Gasteiger partial charge is 0.481 e.